The van der Waals surface area contributed by atoms with Gasteiger partial charge in [0.25, 0.3) is 0 Å². The summed E-state index contributed by atoms with van der Waals surface area (Å²) in [6.45, 7) is 0.726. The Kier molecular flexibility index (Phi) is 4.34. The Morgan fingerprint density at radius 3 is 2.77 bits per heavy atom. The van der Waals surface area contributed by atoms with E-state index in [1.54, 1.807) is 24.3 Å². The molecule has 0 unspecified atom stereocenters. The van der Waals surface area contributed by atoms with Crippen LogP contribution >= 0.6 is 11.6 Å². The third-order valence-electron chi connectivity index (χ3n) is 4.47. The SMILES string of the molecule is O=C1C[C@@H](C(=O)Nc2ccc(Cl)cc2)N=C(N2CCc3ccccc32)N1. The van der Waals surface area contributed by atoms with Crippen molar-refractivity contribution < 1.29 is 9.59 Å². The lowest BCUT2D eigenvalue weighted by Gasteiger charge is -2.27. The summed E-state index contributed by atoms with van der Waals surface area (Å²) in [5.74, 6) is -0.0924. The van der Waals surface area contributed by atoms with Gasteiger partial charge in [0.05, 0.1) is 6.42 Å². The molecule has 2 aromatic rings. The topological polar surface area (TPSA) is 73.8 Å². The maximum Gasteiger partial charge on any atom is 0.249 e. The van der Waals surface area contributed by atoms with Gasteiger partial charge in [0, 0.05) is 22.9 Å². The Labute approximate surface area is 155 Å². The summed E-state index contributed by atoms with van der Waals surface area (Å²) in [7, 11) is 0. The molecule has 0 fully saturated rings. The molecular weight excluding hydrogens is 352 g/mol. The van der Waals surface area contributed by atoms with E-state index in [0.717, 1.165) is 18.7 Å². The van der Waals surface area contributed by atoms with E-state index < -0.39 is 6.04 Å². The predicted molar refractivity (Wildman–Crippen MR) is 102 cm³/mol. The molecule has 2 N–H and O–H groups in total. The summed E-state index contributed by atoms with van der Waals surface area (Å²) in [6.07, 6.45) is 0.908. The fraction of sp³-hybridized carbons (Fsp3) is 0.211. The molecule has 2 aliphatic rings. The first-order valence-electron chi connectivity index (χ1n) is 8.40. The van der Waals surface area contributed by atoms with Crippen LogP contribution in [0.3, 0.4) is 0 Å². The molecule has 6 nitrogen and oxygen atoms in total. The molecule has 0 saturated carbocycles. The number of para-hydroxylation sites is 1. The number of hydrogen-bond acceptors (Lipinski definition) is 4. The van der Waals surface area contributed by atoms with Crippen LogP contribution in [0.1, 0.15) is 12.0 Å². The molecule has 0 bridgehead atoms. The van der Waals surface area contributed by atoms with Crippen molar-refractivity contribution in [3.05, 3.63) is 59.1 Å². The lowest BCUT2D eigenvalue weighted by atomic mass is 10.1. The van der Waals surface area contributed by atoms with Gasteiger partial charge in [0.1, 0.15) is 6.04 Å². The van der Waals surface area contributed by atoms with Crippen molar-refractivity contribution in [2.24, 2.45) is 4.99 Å². The van der Waals surface area contributed by atoms with E-state index in [2.05, 4.69) is 21.7 Å². The first-order valence-corrected chi connectivity index (χ1v) is 8.77. The van der Waals surface area contributed by atoms with Crippen molar-refractivity contribution in [3.8, 4) is 0 Å². The second kappa shape index (κ2) is 6.80. The Hall–Kier alpha value is -2.86. The zero-order valence-corrected chi connectivity index (χ0v) is 14.7. The van der Waals surface area contributed by atoms with E-state index in [9.17, 15) is 9.59 Å². The van der Waals surface area contributed by atoms with Gasteiger partial charge in [-0.05, 0) is 42.3 Å². The highest BCUT2D eigenvalue weighted by Gasteiger charge is 2.32. The van der Waals surface area contributed by atoms with Crippen LogP contribution < -0.4 is 15.5 Å². The molecule has 0 aliphatic carbocycles. The number of nitrogens with zero attached hydrogens (tertiary/aromatic N) is 2. The molecule has 2 heterocycles. The van der Waals surface area contributed by atoms with Gasteiger partial charge in [-0.15, -0.1) is 0 Å². The second-order valence-electron chi connectivity index (χ2n) is 6.25. The molecule has 2 amide bonds. The first kappa shape index (κ1) is 16.6. The monoisotopic (exact) mass is 368 g/mol. The van der Waals surface area contributed by atoms with Crippen molar-refractivity contribution >= 4 is 40.7 Å². The number of carbonyl (C=O) groups is 2. The van der Waals surface area contributed by atoms with Crippen LogP contribution in [0.4, 0.5) is 11.4 Å². The molecule has 2 aromatic carbocycles. The minimum atomic E-state index is -0.762. The van der Waals surface area contributed by atoms with Gasteiger partial charge >= 0.3 is 0 Å². The normalized spacial score (nSPS) is 18.8. The molecule has 1 atom stereocenters. The summed E-state index contributed by atoms with van der Waals surface area (Å²) >= 11 is 5.86. The standard InChI is InChI=1S/C19H17ClN4O2/c20-13-5-7-14(8-6-13)21-18(26)15-11-17(25)23-19(22-15)24-10-9-12-3-1-2-4-16(12)24/h1-8,15H,9-11H2,(H,21,26)(H,22,23,25)/t15-/m0/s1. The number of anilines is 2. The minimum absolute atomic E-state index is 0.0262. The Balaban J connectivity index is 1.55. The van der Waals surface area contributed by atoms with Gasteiger partial charge in [-0.3, -0.25) is 14.9 Å². The van der Waals surface area contributed by atoms with Crippen molar-refractivity contribution in [2.75, 3.05) is 16.8 Å². The number of halogens is 1. The highest BCUT2D eigenvalue weighted by atomic mass is 35.5. The summed E-state index contributed by atoms with van der Waals surface area (Å²) in [4.78, 5) is 31.1. The number of rotatable bonds is 2. The summed E-state index contributed by atoms with van der Waals surface area (Å²) < 4.78 is 0. The zero-order valence-electron chi connectivity index (χ0n) is 13.9. The van der Waals surface area contributed by atoms with E-state index in [4.69, 9.17) is 11.6 Å². The number of hydrogen-bond donors (Lipinski definition) is 2. The summed E-state index contributed by atoms with van der Waals surface area (Å²) in [5.41, 5.74) is 2.84. The average Bonchev–Trinajstić information content (AvgIpc) is 3.07. The van der Waals surface area contributed by atoms with Crippen LogP contribution in [-0.2, 0) is 16.0 Å². The van der Waals surface area contributed by atoms with E-state index >= 15 is 0 Å². The second-order valence-corrected chi connectivity index (χ2v) is 6.68. The average molecular weight is 369 g/mol. The van der Waals surface area contributed by atoms with Crippen molar-refractivity contribution in [1.29, 1.82) is 0 Å². The lowest BCUT2D eigenvalue weighted by molar-refractivity contribution is -0.124. The van der Waals surface area contributed by atoms with Crippen LogP contribution in [0.5, 0.6) is 0 Å². The van der Waals surface area contributed by atoms with Crippen LogP contribution in [0, 0.1) is 0 Å². The third kappa shape index (κ3) is 3.28. The number of carbonyl (C=O) groups excluding carboxylic acids is 2. The quantitative estimate of drug-likeness (QED) is 0.855. The Morgan fingerprint density at radius 1 is 1.19 bits per heavy atom. The van der Waals surface area contributed by atoms with Crippen molar-refractivity contribution in [1.82, 2.24) is 5.32 Å². The number of fused-ring (bicyclic) bond motifs is 1. The van der Waals surface area contributed by atoms with Crippen LogP contribution in [-0.4, -0.2) is 30.4 Å². The van der Waals surface area contributed by atoms with E-state index in [-0.39, 0.29) is 18.2 Å². The fourth-order valence-electron chi connectivity index (χ4n) is 3.18. The van der Waals surface area contributed by atoms with Crippen molar-refractivity contribution in [2.45, 2.75) is 18.9 Å². The molecule has 132 valence electrons. The molecule has 0 aromatic heterocycles. The lowest BCUT2D eigenvalue weighted by Crippen LogP contribution is -2.50. The zero-order chi connectivity index (χ0) is 18.1. The van der Waals surface area contributed by atoms with Gasteiger partial charge in [0.2, 0.25) is 17.8 Å². The molecule has 0 radical (unpaired) electrons. The maximum atomic E-state index is 12.6. The summed E-state index contributed by atoms with van der Waals surface area (Å²) in [6, 6.07) is 14.1. The van der Waals surface area contributed by atoms with Crippen LogP contribution in [0.2, 0.25) is 5.02 Å². The predicted octanol–water partition coefficient (Wildman–Crippen LogP) is 2.59. The molecule has 7 heteroatoms. The number of nitrogens with one attached hydrogen (secondary N) is 2. The molecule has 4 rings (SSSR count). The number of benzene rings is 2. The smallest absolute Gasteiger partial charge is 0.249 e. The Morgan fingerprint density at radius 2 is 1.96 bits per heavy atom. The number of guanidine groups is 1. The molecule has 0 spiro atoms. The van der Waals surface area contributed by atoms with Crippen molar-refractivity contribution in [3.63, 3.8) is 0 Å². The fourth-order valence-corrected chi connectivity index (χ4v) is 3.31. The highest BCUT2D eigenvalue weighted by Crippen LogP contribution is 2.28. The van der Waals surface area contributed by atoms with Gasteiger partial charge in [0.15, 0.2) is 0 Å². The largest absolute Gasteiger partial charge is 0.324 e. The molecule has 26 heavy (non-hydrogen) atoms. The van der Waals surface area contributed by atoms with E-state index in [0.29, 0.717) is 16.7 Å². The van der Waals surface area contributed by atoms with Crippen LogP contribution in [0.25, 0.3) is 0 Å². The molecule has 2 aliphatic heterocycles. The first-order chi connectivity index (χ1) is 12.6. The summed E-state index contributed by atoms with van der Waals surface area (Å²) in [5, 5.41) is 6.17. The third-order valence-corrected chi connectivity index (χ3v) is 4.72. The highest BCUT2D eigenvalue weighted by molar-refractivity contribution is 6.30. The van der Waals surface area contributed by atoms with E-state index in [1.165, 1.54) is 5.56 Å². The van der Waals surface area contributed by atoms with Gasteiger partial charge in [-0.2, -0.15) is 0 Å². The number of aliphatic imine (C=N–C) groups is 1. The molecule has 0 saturated heterocycles. The van der Waals surface area contributed by atoms with E-state index in [1.807, 2.05) is 23.1 Å². The van der Waals surface area contributed by atoms with Gasteiger partial charge < -0.3 is 10.2 Å². The Bertz CT molecular complexity index is 895. The maximum absolute atomic E-state index is 12.6. The molecular formula is C19H17ClN4O2. The van der Waals surface area contributed by atoms with Gasteiger partial charge in [-0.25, -0.2) is 4.99 Å². The minimum Gasteiger partial charge on any atom is -0.324 e. The van der Waals surface area contributed by atoms with Crippen LogP contribution in [0.15, 0.2) is 53.5 Å². The number of amides is 2. The van der Waals surface area contributed by atoms with Gasteiger partial charge in [-0.1, -0.05) is 29.8 Å².